The van der Waals surface area contributed by atoms with Gasteiger partial charge in [-0.05, 0) is 39.0 Å². The van der Waals surface area contributed by atoms with Crippen molar-refractivity contribution < 1.29 is 28.6 Å². The third-order valence-electron chi connectivity index (χ3n) is 2.73. The molecule has 126 valence electrons. The van der Waals surface area contributed by atoms with Crippen molar-refractivity contribution in [2.45, 2.75) is 26.8 Å². The summed E-state index contributed by atoms with van der Waals surface area (Å²) in [6.45, 7) is 5.67. The molecular formula is C16H21NO6. The van der Waals surface area contributed by atoms with Gasteiger partial charge < -0.3 is 19.5 Å². The first-order valence-corrected chi connectivity index (χ1v) is 7.40. The van der Waals surface area contributed by atoms with Crippen LogP contribution in [0.15, 0.2) is 24.3 Å². The van der Waals surface area contributed by atoms with Crippen LogP contribution in [0.5, 0.6) is 5.75 Å². The fourth-order valence-electron chi connectivity index (χ4n) is 1.77. The van der Waals surface area contributed by atoms with Crippen molar-refractivity contribution in [3.63, 3.8) is 0 Å². The molecule has 0 aliphatic rings. The van der Waals surface area contributed by atoms with Crippen LogP contribution in [0.4, 0.5) is 0 Å². The van der Waals surface area contributed by atoms with E-state index in [1.54, 1.807) is 32.0 Å². The van der Waals surface area contributed by atoms with Crippen molar-refractivity contribution in [3.8, 4) is 5.75 Å². The van der Waals surface area contributed by atoms with Crippen molar-refractivity contribution in [1.82, 2.24) is 5.32 Å². The molecule has 1 aromatic rings. The van der Waals surface area contributed by atoms with Crippen LogP contribution >= 0.6 is 0 Å². The van der Waals surface area contributed by atoms with Gasteiger partial charge >= 0.3 is 11.9 Å². The number of ether oxygens (including phenoxy) is 3. The van der Waals surface area contributed by atoms with E-state index in [-0.39, 0.29) is 18.8 Å². The third kappa shape index (κ3) is 5.61. The van der Waals surface area contributed by atoms with Crippen LogP contribution in [0.25, 0.3) is 0 Å². The second-order valence-corrected chi connectivity index (χ2v) is 4.37. The van der Waals surface area contributed by atoms with E-state index >= 15 is 0 Å². The molecule has 0 spiro atoms. The maximum absolute atomic E-state index is 12.2. The van der Waals surface area contributed by atoms with Crippen LogP contribution < -0.4 is 10.1 Å². The summed E-state index contributed by atoms with van der Waals surface area (Å²) >= 11 is 0. The third-order valence-corrected chi connectivity index (χ3v) is 2.73. The first kappa shape index (κ1) is 18.5. The quantitative estimate of drug-likeness (QED) is 0.573. The minimum Gasteiger partial charge on any atom is -0.494 e. The van der Waals surface area contributed by atoms with E-state index in [4.69, 9.17) is 14.2 Å². The molecular weight excluding hydrogens is 302 g/mol. The van der Waals surface area contributed by atoms with Gasteiger partial charge in [-0.1, -0.05) is 6.07 Å². The van der Waals surface area contributed by atoms with Crippen LogP contribution in [-0.4, -0.2) is 43.7 Å². The van der Waals surface area contributed by atoms with Gasteiger partial charge in [-0.25, -0.2) is 9.59 Å². The summed E-state index contributed by atoms with van der Waals surface area (Å²) < 4.78 is 14.9. The van der Waals surface area contributed by atoms with Gasteiger partial charge in [0, 0.05) is 5.56 Å². The standard InChI is InChI=1S/C16H21NO6/c1-4-21-12-9-7-8-11(10-12)14(18)17-13(15(19)22-5-2)16(20)23-6-3/h7-10,13H,4-6H2,1-3H3,(H,17,18). The summed E-state index contributed by atoms with van der Waals surface area (Å²) in [5.41, 5.74) is 0.259. The Morgan fingerprint density at radius 1 is 1.00 bits per heavy atom. The van der Waals surface area contributed by atoms with Gasteiger partial charge in [-0.3, -0.25) is 4.79 Å². The van der Waals surface area contributed by atoms with E-state index in [0.29, 0.717) is 12.4 Å². The highest BCUT2D eigenvalue weighted by atomic mass is 16.6. The summed E-state index contributed by atoms with van der Waals surface area (Å²) in [7, 11) is 0. The second-order valence-electron chi connectivity index (χ2n) is 4.37. The zero-order valence-electron chi connectivity index (χ0n) is 13.5. The molecule has 7 nitrogen and oxygen atoms in total. The number of rotatable bonds is 8. The molecule has 0 bridgehead atoms. The lowest BCUT2D eigenvalue weighted by atomic mass is 10.2. The van der Waals surface area contributed by atoms with Crippen molar-refractivity contribution in [2.75, 3.05) is 19.8 Å². The number of carbonyl (C=O) groups excluding carboxylic acids is 3. The van der Waals surface area contributed by atoms with Crippen LogP contribution in [0.3, 0.4) is 0 Å². The average Bonchev–Trinajstić information content (AvgIpc) is 2.53. The molecule has 0 aliphatic heterocycles. The number of carbonyl (C=O) groups is 3. The number of esters is 2. The lowest BCUT2D eigenvalue weighted by molar-refractivity contribution is -0.157. The number of benzene rings is 1. The van der Waals surface area contributed by atoms with Crippen molar-refractivity contribution in [1.29, 1.82) is 0 Å². The zero-order chi connectivity index (χ0) is 17.2. The highest BCUT2D eigenvalue weighted by molar-refractivity contribution is 6.05. The van der Waals surface area contributed by atoms with Gasteiger partial charge in [0.15, 0.2) is 0 Å². The molecule has 0 radical (unpaired) electrons. The summed E-state index contributed by atoms with van der Waals surface area (Å²) in [6, 6.07) is 4.91. The Hall–Kier alpha value is -2.57. The Morgan fingerprint density at radius 2 is 1.61 bits per heavy atom. The molecule has 1 aromatic carbocycles. The Bertz CT molecular complexity index is 539. The molecule has 0 saturated carbocycles. The lowest BCUT2D eigenvalue weighted by Gasteiger charge is -2.16. The molecule has 0 atom stereocenters. The predicted octanol–water partition coefficient (Wildman–Crippen LogP) is 1.31. The highest BCUT2D eigenvalue weighted by Gasteiger charge is 2.31. The van der Waals surface area contributed by atoms with Crippen LogP contribution in [0, 0.1) is 0 Å². The Balaban J connectivity index is 2.89. The maximum atomic E-state index is 12.2. The minimum atomic E-state index is -1.50. The molecule has 7 heteroatoms. The van der Waals surface area contributed by atoms with Crippen LogP contribution in [0.1, 0.15) is 31.1 Å². The van der Waals surface area contributed by atoms with Gasteiger partial charge in [-0.2, -0.15) is 0 Å². The fraction of sp³-hybridized carbons (Fsp3) is 0.438. The average molecular weight is 323 g/mol. The van der Waals surface area contributed by atoms with Crippen molar-refractivity contribution >= 4 is 17.8 Å². The smallest absolute Gasteiger partial charge is 0.340 e. The van der Waals surface area contributed by atoms with Crippen molar-refractivity contribution in [3.05, 3.63) is 29.8 Å². The Labute approximate surface area is 134 Å². The maximum Gasteiger partial charge on any atom is 0.340 e. The predicted molar refractivity (Wildman–Crippen MR) is 82.1 cm³/mol. The van der Waals surface area contributed by atoms with E-state index in [0.717, 1.165) is 0 Å². The van der Waals surface area contributed by atoms with Gasteiger partial charge in [0.2, 0.25) is 6.04 Å². The molecule has 0 unspecified atom stereocenters. The summed E-state index contributed by atoms with van der Waals surface area (Å²) in [5.74, 6) is -1.80. The topological polar surface area (TPSA) is 90.9 Å². The van der Waals surface area contributed by atoms with E-state index in [9.17, 15) is 14.4 Å². The van der Waals surface area contributed by atoms with Gasteiger partial charge in [0.25, 0.3) is 5.91 Å². The number of amides is 1. The van der Waals surface area contributed by atoms with E-state index in [1.165, 1.54) is 6.07 Å². The summed E-state index contributed by atoms with van der Waals surface area (Å²) in [4.78, 5) is 35.9. The number of nitrogens with one attached hydrogen (secondary N) is 1. The Morgan fingerprint density at radius 3 is 2.13 bits per heavy atom. The van der Waals surface area contributed by atoms with E-state index < -0.39 is 23.9 Å². The van der Waals surface area contributed by atoms with Gasteiger partial charge in [-0.15, -0.1) is 0 Å². The largest absolute Gasteiger partial charge is 0.494 e. The minimum absolute atomic E-state index is 0.0877. The second kappa shape index (κ2) is 9.45. The molecule has 0 aromatic heterocycles. The number of hydrogen-bond acceptors (Lipinski definition) is 6. The SMILES string of the molecule is CCOC(=O)C(NC(=O)c1cccc(OCC)c1)C(=O)OCC. The zero-order valence-corrected chi connectivity index (χ0v) is 13.5. The first-order chi connectivity index (χ1) is 11.0. The highest BCUT2D eigenvalue weighted by Crippen LogP contribution is 2.13. The fourth-order valence-corrected chi connectivity index (χ4v) is 1.77. The van der Waals surface area contributed by atoms with Crippen LogP contribution in [0.2, 0.25) is 0 Å². The van der Waals surface area contributed by atoms with E-state index in [2.05, 4.69) is 5.32 Å². The van der Waals surface area contributed by atoms with E-state index in [1.807, 2.05) is 6.92 Å². The molecule has 0 fully saturated rings. The van der Waals surface area contributed by atoms with Gasteiger partial charge in [0.1, 0.15) is 5.75 Å². The molecule has 1 amide bonds. The summed E-state index contributed by atoms with van der Waals surface area (Å²) in [6.07, 6.45) is 0. The van der Waals surface area contributed by atoms with Gasteiger partial charge in [0.05, 0.1) is 19.8 Å². The molecule has 1 N–H and O–H groups in total. The Kier molecular flexibility index (Phi) is 7.59. The normalized spacial score (nSPS) is 10.1. The lowest BCUT2D eigenvalue weighted by Crippen LogP contribution is -2.48. The molecule has 0 saturated heterocycles. The van der Waals surface area contributed by atoms with Crippen molar-refractivity contribution in [2.24, 2.45) is 0 Å². The molecule has 1 rings (SSSR count). The molecule has 0 aliphatic carbocycles. The summed E-state index contributed by atoms with van der Waals surface area (Å²) in [5, 5.41) is 2.33. The monoisotopic (exact) mass is 323 g/mol. The first-order valence-electron chi connectivity index (χ1n) is 7.40. The van der Waals surface area contributed by atoms with Crippen LogP contribution in [-0.2, 0) is 19.1 Å². The number of hydrogen-bond donors (Lipinski definition) is 1. The molecule has 0 heterocycles. The molecule has 23 heavy (non-hydrogen) atoms.